The lowest BCUT2D eigenvalue weighted by atomic mass is 9.52. The molecule has 6 rings (SSSR count). The molecule has 0 radical (unpaired) electrons. The fraction of sp³-hybridized carbons (Fsp3) is 0.429. The monoisotopic (exact) mass is 598 g/mol. The van der Waals surface area contributed by atoms with E-state index in [0.29, 0.717) is 24.1 Å². The van der Waals surface area contributed by atoms with E-state index in [2.05, 4.69) is 0 Å². The quantitative estimate of drug-likeness (QED) is 0.381. The first kappa shape index (κ1) is 29.7. The number of imide groups is 2. The van der Waals surface area contributed by atoms with Crippen molar-refractivity contribution in [1.29, 1.82) is 0 Å². The van der Waals surface area contributed by atoms with Gasteiger partial charge in [0.15, 0.2) is 11.5 Å². The van der Waals surface area contributed by atoms with Gasteiger partial charge in [-0.1, -0.05) is 42.0 Å². The number of para-hydroxylation sites is 1. The molecule has 44 heavy (non-hydrogen) atoms. The van der Waals surface area contributed by atoms with E-state index in [4.69, 9.17) is 9.47 Å². The zero-order valence-corrected chi connectivity index (χ0v) is 25.9. The van der Waals surface area contributed by atoms with Crippen molar-refractivity contribution >= 4 is 35.4 Å². The van der Waals surface area contributed by atoms with E-state index in [9.17, 15) is 24.3 Å². The first-order valence-electron chi connectivity index (χ1n) is 15.0. The molecule has 2 aliphatic heterocycles. The predicted molar refractivity (Wildman–Crippen MR) is 164 cm³/mol. The number of benzene rings is 2. The summed E-state index contributed by atoms with van der Waals surface area (Å²) in [5.74, 6) is -3.31. The van der Waals surface area contributed by atoms with Crippen molar-refractivity contribution in [1.82, 2.24) is 4.90 Å². The summed E-state index contributed by atoms with van der Waals surface area (Å²) in [6, 6.07) is 12.2. The lowest BCUT2D eigenvalue weighted by Crippen LogP contribution is -2.50. The Morgan fingerprint density at radius 3 is 2.16 bits per heavy atom. The van der Waals surface area contributed by atoms with Crippen LogP contribution in [0, 0.1) is 35.0 Å². The molecular formula is C35H38N2O7. The van der Waals surface area contributed by atoms with Crippen LogP contribution in [0.15, 0.2) is 60.2 Å². The van der Waals surface area contributed by atoms with Crippen molar-refractivity contribution in [3.8, 4) is 17.2 Å². The molecule has 9 nitrogen and oxygen atoms in total. The topological polar surface area (TPSA) is 113 Å². The number of anilines is 1. The highest BCUT2D eigenvalue weighted by Gasteiger charge is 2.67. The zero-order chi connectivity index (χ0) is 31.7. The Labute approximate surface area is 257 Å². The number of hydrogen-bond acceptors (Lipinski definition) is 7. The van der Waals surface area contributed by atoms with Gasteiger partial charge in [-0.3, -0.25) is 24.1 Å². The van der Waals surface area contributed by atoms with E-state index in [1.54, 1.807) is 36.4 Å². The average Bonchev–Trinajstić information content (AvgIpc) is 3.37. The van der Waals surface area contributed by atoms with Crippen LogP contribution in [0.4, 0.5) is 5.69 Å². The number of aromatic hydroxyl groups is 1. The van der Waals surface area contributed by atoms with Crippen molar-refractivity contribution in [2.75, 3.05) is 19.1 Å². The SMILES string of the molecule is COc1cc(C=CC2C3=CCC4C(=O)N(C(C)(C)C)C(=O)C4C3CC3C(=O)N(c4ccccc4)C(=O)C23C)cc(OC)c1O. The van der Waals surface area contributed by atoms with Gasteiger partial charge < -0.3 is 14.6 Å². The maximum atomic E-state index is 14.4. The largest absolute Gasteiger partial charge is 0.502 e. The van der Waals surface area contributed by atoms with E-state index >= 15 is 0 Å². The summed E-state index contributed by atoms with van der Waals surface area (Å²) < 4.78 is 10.7. The molecule has 2 aliphatic carbocycles. The van der Waals surface area contributed by atoms with Crippen LogP contribution < -0.4 is 14.4 Å². The minimum absolute atomic E-state index is 0.124. The lowest BCUT2D eigenvalue weighted by Gasteiger charge is -2.48. The molecule has 4 aliphatic rings. The van der Waals surface area contributed by atoms with Gasteiger partial charge in [0, 0.05) is 11.5 Å². The summed E-state index contributed by atoms with van der Waals surface area (Å²) in [4.78, 5) is 58.7. The Morgan fingerprint density at radius 1 is 0.932 bits per heavy atom. The van der Waals surface area contributed by atoms with Crippen LogP contribution in [-0.4, -0.2) is 53.4 Å². The molecule has 2 aromatic carbocycles. The third kappa shape index (κ3) is 4.19. The van der Waals surface area contributed by atoms with Gasteiger partial charge in [0.25, 0.3) is 0 Å². The number of phenols is 1. The van der Waals surface area contributed by atoms with Crippen molar-refractivity contribution in [2.45, 2.75) is 46.1 Å². The van der Waals surface area contributed by atoms with E-state index in [-0.39, 0.29) is 46.8 Å². The molecule has 0 aromatic heterocycles. The van der Waals surface area contributed by atoms with Gasteiger partial charge in [-0.15, -0.1) is 0 Å². The molecule has 0 bridgehead atoms. The molecule has 9 heteroatoms. The molecule has 4 amide bonds. The van der Waals surface area contributed by atoms with Gasteiger partial charge in [-0.05, 0) is 76.3 Å². The maximum Gasteiger partial charge on any atom is 0.241 e. The van der Waals surface area contributed by atoms with Gasteiger partial charge in [0.2, 0.25) is 29.4 Å². The summed E-state index contributed by atoms with van der Waals surface area (Å²) in [6.07, 6.45) is 6.47. The maximum absolute atomic E-state index is 14.4. The molecule has 230 valence electrons. The second kappa shape index (κ2) is 10.4. The Morgan fingerprint density at radius 2 is 1.57 bits per heavy atom. The second-order valence-electron chi connectivity index (χ2n) is 13.4. The normalized spacial score (nSPS) is 30.0. The minimum atomic E-state index is -1.13. The number of amides is 4. The van der Waals surface area contributed by atoms with Crippen molar-refractivity contribution < 1.29 is 33.8 Å². The smallest absolute Gasteiger partial charge is 0.241 e. The highest BCUT2D eigenvalue weighted by Crippen LogP contribution is 2.61. The van der Waals surface area contributed by atoms with Crippen molar-refractivity contribution in [3.05, 3.63) is 65.8 Å². The van der Waals surface area contributed by atoms with Gasteiger partial charge in [-0.2, -0.15) is 0 Å². The van der Waals surface area contributed by atoms with Crippen LogP contribution in [0.25, 0.3) is 6.08 Å². The van der Waals surface area contributed by atoms with E-state index in [0.717, 1.165) is 5.57 Å². The minimum Gasteiger partial charge on any atom is -0.502 e. The molecule has 1 saturated carbocycles. The molecule has 1 N–H and O–H groups in total. The molecule has 6 unspecified atom stereocenters. The van der Waals surface area contributed by atoms with Gasteiger partial charge in [0.05, 0.1) is 43.1 Å². The molecule has 2 heterocycles. The highest BCUT2D eigenvalue weighted by molar-refractivity contribution is 6.24. The van der Waals surface area contributed by atoms with Crippen LogP contribution >= 0.6 is 0 Å². The Hall–Kier alpha value is -4.40. The fourth-order valence-electron chi connectivity index (χ4n) is 7.92. The summed E-state index contributed by atoms with van der Waals surface area (Å²) in [5.41, 5.74) is 0.283. The summed E-state index contributed by atoms with van der Waals surface area (Å²) in [6.45, 7) is 7.42. The standard InChI is InChI=1S/C35H38N2O7/c1-34(2,3)37-30(39)22-14-13-21-23(28(22)32(37)41)18-25-31(40)36(20-10-8-7-9-11-20)33(42)35(25,4)24(21)15-12-19-16-26(43-5)29(38)27(17-19)44-6/h7-13,15-17,22-25,28,38H,14,18H2,1-6H3. The molecule has 2 aromatic rings. The Bertz CT molecular complexity index is 1600. The van der Waals surface area contributed by atoms with E-state index in [1.807, 2.05) is 52.0 Å². The summed E-state index contributed by atoms with van der Waals surface area (Å²) in [7, 11) is 2.90. The highest BCUT2D eigenvalue weighted by atomic mass is 16.5. The van der Waals surface area contributed by atoms with Crippen LogP contribution in [-0.2, 0) is 19.2 Å². The number of allylic oxidation sites excluding steroid dienone is 3. The van der Waals surface area contributed by atoms with E-state index < -0.39 is 34.6 Å². The molecule has 0 spiro atoms. The fourth-order valence-corrected chi connectivity index (χ4v) is 7.92. The number of fused-ring (bicyclic) bond motifs is 4. The zero-order valence-electron chi connectivity index (χ0n) is 25.9. The summed E-state index contributed by atoms with van der Waals surface area (Å²) in [5, 5.41) is 10.4. The predicted octanol–water partition coefficient (Wildman–Crippen LogP) is 4.98. The number of likely N-dealkylation sites (tertiary alicyclic amines) is 1. The third-order valence-corrected chi connectivity index (χ3v) is 10.0. The van der Waals surface area contributed by atoms with Crippen LogP contribution in [0.5, 0.6) is 17.2 Å². The Kier molecular flexibility index (Phi) is 6.98. The van der Waals surface area contributed by atoms with Crippen LogP contribution in [0.1, 0.15) is 46.1 Å². The number of hydrogen-bond donors (Lipinski definition) is 1. The molecular weight excluding hydrogens is 560 g/mol. The average molecular weight is 599 g/mol. The third-order valence-electron chi connectivity index (χ3n) is 10.0. The first-order valence-corrected chi connectivity index (χ1v) is 15.0. The molecule has 3 fully saturated rings. The first-order chi connectivity index (χ1) is 20.8. The van der Waals surface area contributed by atoms with E-state index in [1.165, 1.54) is 24.0 Å². The van der Waals surface area contributed by atoms with Crippen LogP contribution in [0.3, 0.4) is 0 Å². The van der Waals surface area contributed by atoms with Gasteiger partial charge >= 0.3 is 0 Å². The number of carbonyl (C=O) groups is 4. The number of ether oxygens (including phenoxy) is 2. The molecule has 6 atom stereocenters. The van der Waals surface area contributed by atoms with Crippen molar-refractivity contribution in [2.24, 2.45) is 35.0 Å². The molecule has 2 saturated heterocycles. The second-order valence-corrected chi connectivity index (χ2v) is 13.4. The number of rotatable bonds is 5. The summed E-state index contributed by atoms with van der Waals surface area (Å²) >= 11 is 0. The lowest BCUT2D eigenvalue weighted by molar-refractivity contribution is -0.145. The van der Waals surface area contributed by atoms with Crippen LogP contribution in [0.2, 0.25) is 0 Å². The number of methoxy groups -OCH3 is 2. The number of carbonyl (C=O) groups excluding carboxylic acids is 4. The van der Waals surface area contributed by atoms with Gasteiger partial charge in [0.1, 0.15) is 0 Å². The van der Waals surface area contributed by atoms with Gasteiger partial charge in [-0.25, -0.2) is 4.90 Å². The Balaban J connectivity index is 1.48. The number of nitrogens with zero attached hydrogens (tertiary/aromatic N) is 2. The van der Waals surface area contributed by atoms with Crippen molar-refractivity contribution in [3.63, 3.8) is 0 Å². The number of phenolic OH excluding ortho intramolecular Hbond substituents is 1.